The first-order chi connectivity index (χ1) is 11.0. The summed E-state index contributed by atoms with van der Waals surface area (Å²) in [6, 6.07) is 0. The van der Waals surface area contributed by atoms with Crippen LogP contribution in [0.25, 0.3) is 0 Å². The third-order valence-corrected chi connectivity index (χ3v) is 4.87. The molecule has 0 aliphatic rings. The summed E-state index contributed by atoms with van der Waals surface area (Å²) in [5.74, 6) is 9.69. The van der Waals surface area contributed by atoms with E-state index in [4.69, 9.17) is 10.7 Å². The van der Waals surface area contributed by atoms with E-state index in [1.807, 2.05) is 6.92 Å². The average Bonchev–Trinajstić information content (AvgIpc) is 2.51. The molecule has 0 amide bonds. The largest absolute Gasteiger partial charge is 0.257 e. The SMILES string of the molecule is CCCCCCCCCCCCCCCC(C)(CC(C)C)O[N]. The van der Waals surface area contributed by atoms with Crippen LogP contribution in [-0.2, 0) is 4.84 Å². The van der Waals surface area contributed by atoms with Crippen molar-refractivity contribution >= 4 is 0 Å². The van der Waals surface area contributed by atoms with Gasteiger partial charge >= 0.3 is 0 Å². The zero-order valence-corrected chi connectivity index (χ0v) is 16.5. The Labute approximate surface area is 146 Å². The minimum atomic E-state index is -0.341. The monoisotopic (exact) mass is 325 g/mol. The topological polar surface area (TPSA) is 31.5 Å². The summed E-state index contributed by atoms with van der Waals surface area (Å²) in [6.45, 7) is 8.68. The molecule has 2 heteroatoms. The molecule has 138 valence electrons. The second-order valence-electron chi connectivity index (χ2n) is 8.13. The first-order valence-corrected chi connectivity index (χ1v) is 10.4. The van der Waals surface area contributed by atoms with Gasteiger partial charge in [0.2, 0.25) is 0 Å². The van der Waals surface area contributed by atoms with Crippen molar-refractivity contribution in [3.8, 4) is 0 Å². The highest BCUT2D eigenvalue weighted by atomic mass is 16.6. The number of hydrogen-bond donors (Lipinski definition) is 0. The van der Waals surface area contributed by atoms with Crippen LogP contribution in [0.5, 0.6) is 0 Å². The Bertz CT molecular complexity index is 242. The Morgan fingerprint density at radius 3 is 1.48 bits per heavy atom. The van der Waals surface area contributed by atoms with Gasteiger partial charge in [-0.05, 0) is 25.7 Å². The van der Waals surface area contributed by atoms with Gasteiger partial charge in [0.1, 0.15) is 0 Å². The first kappa shape index (κ1) is 22.9. The molecular weight excluding hydrogens is 282 g/mol. The second kappa shape index (κ2) is 15.4. The summed E-state index contributed by atoms with van der Waals surface area (Å²) in [6.07, 6.45) is 19.8. The molecule has 2 radical (unpaired) electrons. The van der Waals surface area contributed by atoms with Gasteiger partial charge in [0.15, 0.2) is 0 Å². The van der Waals surface area contributed by atoms with Crippen molar-refractivity contribution in [1.29, 1.82) is 0 Å². The fourth-order valence-corrected chi connectivity index (χ4v) is 3.57. The minimum Gasteiger partial charge on any atom is -0.257 e. The molecule has 1 atom stereocenters. The van der Waals surface area contributed by atoms with Crippen LogP contribution in [0.2, 0.25) is 0 Å². The van der Waals surface area contributed by atoms with Crippen LogP contribution in [0.15, 0.2) is 0 Å². The molecule has 0 aliphatic heterocycles. The quantitative estimate of drug-likeness (QED) is 0.204. The zero-order valence-electron chi connectivity index (χ0n) is 16.5. The number of unbranched alkanes of at least 4 members (excludes halogenated alkanes) is 12. The summed E-state index contributed by atoms with van der Waals surface area (Å²) in [4.78, 5) is 4.76. The van der Waals surface area contributed by atoms with Crippen molar-refractivity contribution in [2.45, 2.75) is 130 Å². The van der Waals surface area contributed by atoms with E-state index in [9.17, 15) is 0 Å². The summed E-state index contributed by atoms with van der Waals surface area (Å²) >= 11 is 0. The third kappa shape index (κ3) is 15.2. The van der Waals surface area contributed by atoms with Crippen molar-refractivity contribution in [3.05, 3.63) is 0 Å². The third-order valence-electron chi connectivity index (χ3n) is 4.87. The van der Waals surface area contributed by atoms with Crippen LogP contribution in [0.4, 0.5) is 0 Å². The maximum Gasteiger partial charge on any atom is 0.0909 e. The Balaban J connectivity index is 3.33. The molecule has 0 fully saturated rings. The maximum atomic E-state index is 9.13. The van der Waals surface area contributed by atoms with Gasteiger partial charge in [0, 0.05) is 5.90 Å². The normalized spacial score (nSPS) is 14.3. The summed E-state index contributed by atoms with van der Waals surface area (Å²) in [5, 5.41) is 0. The average molecular weight is 326 g/mol. The second-order valence-corrected chi connectivity index (χ2v) is 8.13. The Kier molecular flexibility index (Phi) is 15.4. The Hall–Kier alpha value is -0.0800. The molecule has 0 bridgehead atoms. The van der Waals surface area contributed by atoms with E-state index in [0.717, 1.165) is 12.8 Å². The van der Waals surface area contributed by atoms with Crippen LogP contribution in [0.1, 0.15) is 124 Å². The summed E-state index contributed by atoms with van der Waals surface area (Å²) < 4.78 is 0. The minimum absolute atomic E-state index is 0.341. The molecule has 23 heavy (non-hydrogen) atoms. The first-order valence-electron chi connectivity index (χ1n) is 10.4. The van der Waals surface area contributed by atoms with E-state index < -0.39 is 0 Å². The zero-order chi connectivity index (χ0) is 17.4. The number of nitrogens with zero attached hydrogens (tertiary/aromatic N) is 1. The van der Waals surface area contributed by atoms with Gasteiger partial charge in [-0.15, -0.1) is 0 Å². The molecule has 0 rings (SSSR count). The molecule has 0 N–H and O–H groups in total. The predicted molar refractivity (Wildman–Crippen MR) is 101 cm³/mol. The molecule has 0 spiro atoms. The fourth-order valence-electron chi connectivity index (χ4n) is 3.57. The van der Waals surface area contributed by atoms with Gasteiger partial charge in [-0.25, -0.2) is 0 Å². The van der Waals surface area contributed by atoms with E-state index >= 15 is 0 Å². The van der Waals surface area contributed by atoms with E-state index in [0.29, 0.717) is 5.92 Å². The summed E-state index contributed by atoms with van der Waals surface area (Å²) in [7, 11) is 0. The van der Waals surface area contributed by atoms with E-state index in [-0.39, 0.29) is 5.60 Å². The lowest BCUT2D eigenvalue weighted by Crippen LogP contribution is -2.30. The molecule has 0 heterocycles. The highest BCUT2D eigenvalue weighted by Gasteiger charge is 2.25. The Morgan fingerprint density at radius 1 is 0.739 bits per heavy atom. The van der Waals surface area contributed by atoms with E-state index in [2.05, 4.69) is 20.8 Å². The molecule has 0 saturated heterocycles. The standard InChI is InChI=1S/C21H43NO/c1-5-6-7-8-9-10-11-12-13-14-15-16-17-18-21(4,23-22)19-20(2)3/h20H,5-19H2,1-4H3. The van der Waals surface area contributed by atoms with Gasteiger partial charge in [-0.1, -0.05) is 104 Å². The van der Waals surface area contributed by atoms with Gasteiger partial charge in [0.05, 0.1) is 5.60 Å². The molecule has 0 aromatic rings. The smallest absolute Gasteiger partial charge is 0.0909 e. The lowest BCUT2D eigenvalue weighted by molar-refractivity contribution is -0.0671. The van der Waals surface area contributed by atoms with Crippen molar-refractivity contribution in [2.24, 2.45) is 5.92 Å². The van der Waals surface area contributed by atoms with E-state index in [1.165, 1.54) is 83.5 Å². The van der Waals surface area contributed by atoms with Crippen LogP contribution in [0, 0.1) is 5.92 Å². The highest BCUT2D eigenvalue weighted by molar-refractivity contribution is 4.75. The lowest BCUT2D eigenvalue weighted by Gasteiger charge is -2.27. The van der Waals surface area contributed by atoms with Crippen molar-refractivity contribution in [1.82, 2.24) is 5.90 Å². The van der Waals surface area contributed by atoms with Crippen molar-refractivity contribution < 1.29 is 4.84 Å². The van der Waals surface area contributed by atoms with Crippen LogP contribution >= 0.6 is 0 Å². The highest BCUT2D eigenvalue weighted by Crippen LogP contribution is 2.26. The lowest BCUT2D eigenvalue weighted by atomic mass is 9.89. The van der Waals surface area contributed by atoms with Gasteiger partial charge in [0.25, 0.3) is 0 Å². The number of hydrogen-bond acceptors (Lipinski definition) is 1. The molecular formula is C21H43NO. The van der Waals surface area contributed by atoms with Gasteiger partial charge in [-0.2, -0.15) is 0 Å². The fraction of sp³-hybridized carbons (Fsp3) is 1.00. The molecule has 0 aromatic carbocycles. The summed E-state index contributed by atoms with van der Waals surface area (Å²) in [5.41, 5.74) is -0.341. The number of rotatable bonds is 17. The van der Waals surface area contributed by atoms with Gasteiger partial charge < -0.3 is 0 Å². The molecule has 0 aliphatic carbocycles. The van der Waals surface area contributed by atoms with Crippen molar-refractivity contribution in [2.75, 3.05) is 0 Å². The van der Waals surface area contributed by atoms with Crippen LogP contribution < -0.4 is 5.90 Å². The molecule has 1 unspecified atom stereocenters. The maximum absolute atomic E-state index is 9.13. The predicted octanol–water partition coefficient (Wildman–Crippen LogP) is 7.27. The van der Waals surface area contributed by atoms with Crippen molar-refractivity contribution in [3.63, 3.8) is 0 Å². The van der Waals surface area contributed by atoms with E-state index in [1.54, 1.807) is 0 Å². The Morgan fingerprint density at radius 2 is 1.13 bits per heavy atom. The molecule has 2 nitrogen and oxygen atoms in total. The molecule has 0 aromatic heterocycles. The van der Waals surface area contributed by atoms with Crippen LogP contribution in [0.3, 0.4) is 0 Å². The van der Waals surface area contributed by atoms with Gasteiger partial charge in [-0.3, -0.25) is 4.84 Å². The molecule has 0 saturated carbocycles. The van der Waals surface area contributed by atoms with Crippen LogP contribution in [-0.4, -0.2) is 5.60 Å².